The highest BCUT2D eigenvalue weighted by atomic mass is 16.5. The van der Waals surface area contributed by atoms with Crippen molar-refractivity contribution in [1.29, 1.82) is 0 Å². The maximum Gasteiger partial charge on any atom is 0.151 e. The second-order valence-corrected chi connectivity index (χ2v) is 17.3. The number of fused-ring (bicyclic) bond motifs is 5. The monoisotopic (exact) mass is 898 g/mol. The van der Waals surface area contributed by atoms with Crippen molar-refractivity contribution in [1.82, 2.24) is 19.5 Å². The molecule has 0 aliphatic carbocycles. The maximum absolute atomic E-state index is 6.56. The highest BCUT2D eigenvalue weighted by Crippen LogP contribution is 2.51. The van der Waals surface area contributed by atoms with Crippen LogP contribution in [0.4, 0.5) is 34.3 Å². The van der Waals surface area contributed by atoms with E-state index < -0.39 is 0 Å². The molecular weight excluding hydrogens is 857 g/mol. The molecule has 0 spiro atoms. The molecule has 12 aromatic rings. The van der Waals surface area contributed by atoms with Gasteiger partial charge in [-0.05, 0) is 142 Å². The van der Waals surface area contributed by atoms with Gasteiger partial charge >= 0.3 is 0 Å². The molecule has 5 heterocycles. The Balaban J connectivity index is 1.08. The average Bonchev–Trinajstić information content (AvgIpc) is 3.77. The number of anilines is 6. The van der Waals surface area contributed by atoms with Crippen LogP contribution in [-0.2, 0) is 0 Å². The van der Waals surface area contributed by atoms with Gasteiger partial charge in [0, 0.05) is 59.1 Å². The molecule has 13 rings (SSSR count). The van der Waals surface area contributed by atoms with Crippen molar-refractivity contribution < 1.29 is 4.74 Å². The third-order valence-electron chi connectivity index (χ3n) is 13.2. The molecule has 0 amide bonds. The van der Waals surface area contributed by atoms with Crippen molar-refractivity contribution in [2.45, 2.75) is 0 Å². The van der Waals surface area contributed by atoms with Crippen LogP contribution < -0.4 is 14.5 Å². The molecule has 0 atom stereocenters. The number of benzene rings is 8. The summed E-state index contributed by atoms with van der Waals surface area (Å²) in [5.41, 5.74) is 15.8. The number of hydrogen-bond acceptors (Lipinski definition) is 6. The van der Waals surface area contributed by atoms with Crippen LogP contribution in [0.1, 0.15) is 0 Å². The van der Waals surface area contributed by atoms with Crippen molar-refractivity contribution in [3.8, 4) is 61.8 Å². The van der Waals surface area contributed by atoms with E-state index in [1.54, 1.807) is 0 Å². The van der Waals surface area contributed by atoms with E-state index >= 15 is 0 Å². The zero-order valence-corrected chi connectivity index (χ0v) is 37.8. The molecule has 1 aliphatic rings. The van der Waals surface area contributed by atoms with Crippen LogP contribution in [0.2, 0.25) is 0 Å². The lowest BCUT2D eigenvalue weighted by Gasteiger charge is -2.33. The molecule has 330 valence electrons. The number of pyridine rings is 3. The Labute approximate surface area is 405 Å². The summed E-state index contributed by atoms with van der Waals surface area (Å²) in [5, 5.41) is 2.28. The van der Waals surface area contributed by atoms with Gasteiger partial charge in [0.25, 0.3) is 0 Å². The molecule has 8 aromatic carbocycles. The first-order valence-electron chi connectivity index (χ1n) is 23.4. The van der Waals surface area contributed by atoms with Crippen molar-refractivity contribution in [3.05, 3.63) is 255 Å². The van der Waals surface area contributed by atoms with E-state index in [0.717, 1.165) is 118 Å². The predicted molar refractivity (Wildman–Crippen MR) is 285 cm³/mol. The molecule has 0 N–H and O–H groups in total. The van der Waals surface area contributed by atoms with Gasteiger partial charge in [-0.1, -0.05) is 121 Å². The van der Waals surface area contributed by atoms with Crippen LogP contribution in [0, 0.1) is 0 Å². The van der Waals surface area contributed by atoms with Crippen molar-refractivity contribution in [2.24, 2.45) is 0 Å². The van der Waals surface area contributed by atoms with Crippen LogP contribution in [0.3, 0.4) is 0 Å². The minimum Gasteiger partial charge on any atom is -0.453 e. The molecule has 70 heavy (non-hydrogen) atoms. The zero-order chi connectivity index (χ0) is 46.4. The third kappa shape index (κ3) is 7.30. The zero-order valence-electron chi connectivity index (χ0n) is 37.8. The van der Waals surface area contributed by atoms with Gasteiger partial charge in [0.15, 0.2) is 11.5 Å². The molecule has 1 aliphatic heterocycles. The maximum atomic E-state index is 6.56. The second kappa shape index (κ2) is 17.2. The standard InChI is InChI=1S/C63H42N6O/c1-3-11-43(12-4-1)49-23-29-56-54(39-49)55-40-50(44-13-5-2-6-14-44)24-30-57(55)68(56)62-41-53(42-63(66-62)69-58-15-7-9-17-60(58)70-61-18-10-8-16-59(61)69)67(51-25-19-45(20-26-51)47-31-35-64-36-32-47)52-27-21-46(22-28-52)48-33-37-65-38-34-48/h1-42H. The number of hydrogen-bond donors (Lipinski definition) is 0. The SMILES string of the molecule is c1ccc(-c2ccc3c(c2)c2cc(-c4ccccc4)ccc2n3-c2cc(N(c3ccc(-c4ccncc4)cc3)c3ccc(-c4ccncc4)cc3)cc(N3c4ccccc4Oc4ccccc43)n2)cc1. The van der Waals surface area contributed by atoms with E-state index in [1.165, 1.54) is 0 Å². The Bertz CT molecular complexity index is 3620. The molecule has 7 heteroatoms. The first-order valence-corrected chi connectivity index (χ1v) is 23.4. The highest BCUT2D eigenvalue weighted by Gasteiger charge is 2.29. The Morgan fingerprint density at radius 2 is 0.729 bits per heavy atom. The first-order chi connectivity index (χ1) is 34.7. The fraction of sp³-hybridized carbons (Fsp3) is 0. The van der Waals surface area contributed by atoms with Crippen LogP contribution >= 0.6 is 0 Å². The quantitative estimate of drug-likeness (QED) is 0.144. The van der Waals surface area contributed by atoms with Crippen molar-refractivity contribution >= 4 is 56.1 Å². The fourth-order valence-corrected chi connectivity index (χ4v) is 9.83. The third-order valence-corrected chi connectivity index (χ3v) is 13.2. The smallest absolute Gasteiger partial charge is 0.151 e. The summed E-state index contributed by atoms with van der Waals surface area (Å²) in [6.07, 6.45) is 7.34. The van der Waals surface area contributed by atoms with Gasteiger partial charge in [-0.25, -0.2) is 4.98 Å². The first kappa shape index (κ1) is 40.7. The van der Waals surface area contributed by atoms with Gasteiger partial charge in [-0.3, -0.25) is 19.4 Å². The molecular formula is C63H42N6O. The Kier molecular flexibility index (Phi) is 10.0. The van der Waals surface area contributed by atoms with Gasteiger partial charge < -0.3 is 9.64 Å². The molecule has 0 saturated carbocycles. The van der Waals surface area contributed by atoms with Crippen LogP contribution in [0.15, 0.2) is 255 Å². The summed E-state index contributed by atoms with van der Waals surface area (Å²) in [6, 6.07) is 81.3. The molecule has 0 radical (unpaired) electrons. The number of ether oxygens (including phenoxy) is 1. The van der Waals surface area contributed by atoms with E-state index in [1.807, 2.05) is 73.3 Å². The van der Waals surface area contributed by atoms with E-state index in [4.69, 9.17) is 9.72 Å². The van der Waals surface area contributed by atoms with Gasteiger partial charge in [0.05, 0.1) is 28.1 Å². The molecule has 0 fully saturated rings. The lowest BCUT2D eigenvalue weighted by atomic mass is 10.0. The predicted octanol–water partition coefficient (Wildman–Crippen LogP) is 16.7. The molecule has 0 unspecified atom stereocenters. The van der Waals surface area contributed by atoms with Gasteiger partial charge in [-0.2, -0.15) is 0 Å². The van der Waals surface area contributed by atoms with Gasteiger partial charge in [0.2, 0.25) is 0 Å². The summed E-state index contributed by atoms with van der Waals surface area (Å²) in [6.45, 7) is 0. The van der Waals surface area contributed by atoms with E-state index in [9.17, 15) is 0 Å². The Morgan fingerprint density at radius 3 is 1.21 bits per heavy atom. The summed E-state index contributed by atoms with van der Waals surface area (Å²) < 4.78 is 8.89. The summed E-state index contributed by atoms with van der Waals surface area (Å²) in [4.78, 5) is 18.8. The normalized spacial score (nSPS) is 11.8. The van der Waals surface area contributed by atoms with E-state index in [0.29, 0.717) is 0 Å². The lowest BCUT2D eigenvalue weighted by molar-refractivity contribution is 0.476. The number of para-hydroxylation sites is 4. The van der Waals surface area contributed by atoms with Crippen LogP contribution in [0.25, 0.3) is 72.1 Å². The molecule has 0 bridgehead atoms. The number of rotatable bonds is 9. The Morgan fingerprint density at radius 1 is 0.329 bits per heavy atom. The Hall–Kier alpha value is -9.59. The second-order valence-electron chi connectivity index (χ2n) is 17.3. The average molecular weight is 899 g/mol. The van der Waals surface area contributed by atoms with Crippen molar-refractivity contribution in [3.63, 3.8) is 0 Å². The van der Waals surface area contributed by atoms with E-state index in [2.05, 4.69) is 206 Å². The fourth-order valence-electron chi connectivity index (χ4n) is 9.83. The van der Waals surface area contributed by atoms with E-state index in [-0.39, 0.29) is 0 Å². The van der Waals surface area contributed by atoms with Gasteiger partial charge in [0.1, 0.15) is 11.6 Å². The number of aromatic nitrogens is 4. The summed E-state index contributed by atoms with van der Waals surface area (Å²) >= 11 is 0. The van der Waals surface area contributed by atoms with Gasteiger partial charge in [-0.15, -0.1) is 0 Å². The molecule has 0 saturated heterocycles. The minimum absolute atomic E-state index is 0.735. The molecule has 7 nitrogen and oxygen atoms in total. The molecule has 4 aromatic heterocycles. The highest BCUT2D eigenvalue weighted by molar-refractivity contribution is 6.11. The van der Waals surface area contributed by atoms with Crippen LogP contribution in [0.5, 0.6) is 11.5 Å². The van der Waals surface area contributed by atoms with Crippen LogP contribution in [-0.4, -0.2) is 19.5 Å². The minimum atomic E-state index is 0.735. The largest absolute Gasteiger partial charge is 0.453 e. The van der Waals surface area contributed by atoms with Crippen molar-refractivity contribution in [2.75, 3.05) is 9.80 Å². The summed E-state index contributed by atoms with van der Waals surface area (Å²) in [5.74, 6) is 3.01. The lowest BCUT2D eigenvalue weighted by Crippen LogP contribution is -2.19. The number of nitrogens with zero attached hydrogens (tertiary/aromatic N) is 6. The summed E-state index contributed by atoms with van der Waals surface area (Å²) in [7, 11) is 0. The topological polar surface area (TPSA) is 59.3 Å².